The number of primary sulfonamides is 1. The van der Waals surface area contributed by atoms with Crippen LogP contribution in [-0.4, -0.2) is 23.2 Å². The Morgan fingerprint density at radius 2 is 1.82 bits per heavy atom. The first-order valence-corrected chi connectivity index (χ1v) is 12.0. The van der Waals surface area contributed by atoms with Crippen LogP contribution in [-0.2, 0) is 16.6 Å². The predicted octanol–water partition coefficient (Wildman–Crippen LogP) is 5.18. The molecular formula is C22H18ClN5O3S2. The molecule has 4 aromatic rings. The van der Waals surface area contributed by atoms with Crippen LogP contribution in [0.2, 0.25) is 5.02 Å². The highest BCUT2D eigenvalue weighted by atomic mass is 35.5. The second kappa shape index (κ2) is 9.28. The molecule has 0 unspecified atom stereocenters. The third kappa shape index (κ3) is 5.04. The number of halogens is 1. The molecule has 33 heavy (non-hydrogen) atoms. The highest BCUT2D eigenvalue weighted by Gasteiger charge is 2.19. The van der Waals surface area contributed by atoms with Gasteiger partial charge < -0.3 is 15.0 Å². The van der Waals surface area contributed by atoms with Crippen LogP contribution in [0.1, 0.15) is 5.56 Å². The van der Waals surface area contributed by atoms with Crippen molar-refractivity contribution in [1.29, 1.82) is 0 Å². The Bertz CT molecular complexity index is 1480. The zero-order chi connectivity index (χ0) is 23.6. The normalized spacial score (nSPS) is 11.8. The Labute approximate surface area is 200 Å². The van der Waals surface area contributed by atoms with Crippen LogP contribution in [0.25, 0.3) is 10.9 Å². The number of hydrogen-bond acceptors (Lipinski definition) is 5. The van der Waals surface area contributed by atoms with Crippen molar-refractivity contribution in [3.8, 4) is 5.88 Å². The zero-order valence-corrected chi connectivity index (χ0v) is 19.4. The van der Waals surface area contributed by atoms with E-state index in [0.717, 1.165) is 5.56 Å². The lowest BCUT2D eigenvalue weighted by molar-refractivity contribution is 0.429. The summed E-state index contributed by atoms with van der Waals surface area (Å²) in [5.74, 6) is -0.107. The van der Waals surface area contributed by atoms with Crippen molar-refractivity contribution in [2.75, 3.05) is 5.32 Å². The van der Waals surface area contributed by atoms with Gasteiger partial charge in [0.1, 0.15) is 0 Å². The van der Waals surface area contributed by atoms with Gasteiger partial charge in [-0.25, -0.2) is 13.6 Å². The second-order valence-corrected chi connectivity index (χ2v) is 9.44. The third-order valence-electron chi connectivity index (χ3n) is 4.82. The number of thiocarbonyl (C=S) groups is 1. The lowest BCUT2D eigenvalue weighted by Crippen LogP contribution is -2.13. The van der Waals surface area contributed by atoms with Gasteiger partial charge in [0.2, 0.25) is 21.0 Å². The first kappa shape index (κ1) is 22.9. The topological polar surface area (TPSA) is 122 Å². The minimum Gasteiger partial charge on any atom is -0.493 e. The molecule has 0 fully saturated rings. The minimum absolute atomic E-state index is 0.0352. The Hall–Kier alpha value is -3.31. The molecule has 4 rings (SSSR count). The summed E-state index contributed by atoms with van der Waals surface area (Å²) in [6, 6.07) is 20.7. The van der Waals surface area contributed by atoms with Crippen molar-refractivity contribution in [1.82, 2.24) is 4.57 Å². The van der Waals surface area contributed by atoms with Crippen molar-refractivity contribution in [2.24, 2.45) is 15.4 Å². The van der Waals surface area contributed by atoms with E-state index in [1.54, 1.807) is 28.8 Å². The van der Waals surface area contributed by atoms with Gasteiger partial charge in [-0.05, 0) is 42.0 Å². The number of para-hydroxylation sites is 1. The lowest BCUT2D eigenvalue weighted by atomic mass is 10.2. The molecule has 11 heteroatoms. The molecule has 0 aliphatic carbocycles. The van der Waals surface area contributed by atoms with Crippen LogP contribution in [0.3, 0.4) is 0 Å². The maximum atomic E-state index is 11.5. The van der Waals surface area contributed by atoms with Crippen LogP contribution in [0.4, 0.5) is 11.4 Å². The summed E-state index contributed by atoms with van der Waals surface area (Å²) in [4.78, 5) is -0.0662. The van der Waals surface area contributed by atoms with Gasteiger partial charge in [-0.15, -0.1) is 10.2 Å². The van der Waals surface area contributed by atoms with E-state index < -0.39 is 10.0 Å². The van der Waals surface area contributed by atoms with Crippen LogP contribution < -0.4 is 10.5 Å². The van der Waals surface area contributed by atoms with Crippen molar-refractivity contribution in [3.63, 3.8) is 0 Å². The average Bonchev–Trinajstić information content (AvgIpc) is 3.04. The number of sulfonamides is 1. The number of hydrogen-bond donors (Lipinski definition) is 3. The van der Waals surface area contributed by atoms with Crippen LogP contribution in [0.15, 0.2) is 87.9 Å². The molecular weight excluding hydrogens is 482 g/mol. The molecule has 0 radical (unpaired) electrons. The molecule has 1 aromatic heterocycles. The summed E-state index contributed by atoms with van der Waals surface area (Å²) in [5, 5.41) is 28.1. The maximum absolute atomic E-state index is 11.5. The van der Waals surface area contributed by atoms with Gasteiger partial charge in [-0.3, -0.25) is 0 Å². The number of aromatic hydroxyl groups is 1. The molecule has 0 aliphatic rings. The van der Waals surface area contributed by atoms with E-state index in [9.17, 15) is 13.5 Å². The molecule has 0 saturated carbocycles. The van der Waals surface area contributed by atoms with Crippen molar-refractivity contribution >= 4 is 61.2 Å². The lowest BCUT2D eigenvalue weighted by Gasteiger charge is -2.08. The van der Waals surface area contributed by atoms with Crippen molar-refractivity contribution in [2.45, 2.75) is 11.4 Å². The summed E-state index contributed by atoms with van der Waals surface area (Å²) in [6.07, 6.45) is 0. The summed E-state index contributed by atoms with van der Waals surface area (Å²) in [7, 11) is -3.86. The highest BCUT2D eigenvalue weighted by Crippen LogP contribution is 2.42. The number of nitrogens with one attached hydrogen (secondary N) is 1. The van der Waals surface area contributed by atoms with Crippen molar-refractivity contribution in [3.05, 3.63) is 83.4 Å². The molecule has 0 atom stereocenters. The summed E-state index contributed by atoms with van der Waals surface area (Å²) < 4.78 is 24.7. The second-order valence-electron chi connectivity index (χ2n) is 7.08. The molecule has 3 aromatic carbocycles. The molecule has 8 nitrogen and oxygen atoms in total. The highest BCUT2D eigenvalue weighted by molar-refractivity contribution is 7.89. The fourth-order valence-corrected chi connectivity index (χ4v) is 4.34. The van der Waals surface area contributed by atoms with Gasteiger partial charge in [0.25, 0.3) is 0 Å². The van der Waals surface area contributed by atoms with E-state index in [2.05, 4.69) is 15.5 Å². The quantitative estimate of drug-likeness (QED) is 0.258. The number of anilines is 1. The standard InChI is InChI=1S/C22H18ClN5O3S2/c23-18-11-5-10-17-19(21(29)28(20(17)18)13-14-6-2-1-3-7-14)26-27-22(32)25-15-8-4-9-16(12-15)33(24,30)31/h1-12,29H,13H2,(H,25,32)(H2,24,30,31). The van der Waals surface area contributed by atoms with Crippen LogP contribution >= 0.6 is 23.8 Å². The molecule has 0 spiro atoms. The molecule has 0 aliphatic heterocycles. The van der Waals surface area contributed by atoms with E-state index in [-0.39, 0.29) is 21.6 Å². The smallest absolute Gasteiger partial charge is 0.238 e. The summed E-state index contributed by atoms with van der Waals surface area (Å²) >= 11 is 11.6. The molecule has 1 heterocycles. The average molecular weight is 500 g/mol. The first-order chi connectivity index (χ1) is 15.7. The number of nitrogens with two attached hydrogens (primary N) is 1. The largest absolute Gasteiger partial charge is 0.493 e. The van der Waals surface area contributed by atoms with E-state index in [1.165, 1.54) is 18.2 Å². The van der Waals surface area contributed by atoms with Gasteiger partial charge in [-0.1, -0.05) is 60.1 Å². The molecule has 0 amide bonds. The monoisotopic (exact) mass is 499 g/mol. The molecule has 168 valence electrons. The van der Waals surface area contributed by atoms with E-state index in [4.69, 9.17) is 29.0 Å². The van der Waals surface area contributed by atoms with Gasteiger partial charge >= 0.3 is 0 Å². The zero-order valence-electron chi connectivity index (χ0n) is 17.0. The van der Waals surface area contributed by atoms with Gasteiger partial charge in [0, 0.05) is 11.1 Å². The summed E-state index contributed by atoms with van der Waals surface area (Å²) in [5.41, 5.74) is 2.18. The number of rotatable bonds is 5. The van der Waals surface area contributed by atoms with Gasteiger partial charge in [0.05, 0.1) is 22.0 Å². The first-order valence-electron chi connectivity index (χ1n) is 9.63. The number of azo groups is 1. The van der Waals surface area contributed by atoms with Crippen molar-refractivity contribution < 1.29 is 13.5 Å². The van der Waals surface area contributed by atoms with E-state index in [1.807, 2.05) is 30.3 Å². The fourth-order valence-electron chi connectivity index (χ4n) is 3.35. The number of benzene rings is 3. The predicted molar refractivity (Wildman–Crippen MR) is 133 cm³/mol. The Morgan fingerprint density at radius 3 is 2.55 bits per heavy atom. The van der Waals surface area contributed by atoms with Crippen LogP contribution in [0.5, 0.6) is 5.88 Å². The van der Waals surface area contributed by atoms with E-state index >= 15 is 0 Å². The third-order valence-corrected chi connectivity index (χ3v) is 6.22. The Morgan fingerprint density at radius 1 is 1.09 bits per heavy atom. The fraction of sp³-hybridized carbons (Fsp3) is 0.0455. The summed E-state index contributed by atoms with van der Waals surface area (Å²) in [6.45, 7) is 0.380. The maximum Gasteiger partial charge on any atom is 0.238 e. The number of aromatic nitrogens is 1. The minimum atomic E-state index is -3.86. The Kier molecular flexibility index (Phi) is 6.43. The Balaban J connectivity index is 1.66. The SMILES string of the molecule is NS(=O)(=O)c1cccc(NC(=S)N=Nc2c(O)n(Cc3ccccc3)c3c(Cl)cccc23)c1. The molecule has 4 N–H and O–H groups in total. The molecule has 0 bridgehead atoms. The van der Waals surface area contributed by atoms with Gasteiger partial charge in [-0.2, -0.15) is 0 Å². The molecule has 0 saturated heterocycles. The number of fused-ring (bicyclic) bond motifs is 1. The van der Waals surface area contributed by atoms with Crippen LogP contribution in [0, 0.1) is 0 Å². The number of nitrogens with zero attached hydrogens (tertiary/aromatic N) is 3. The van der Waals surface area contributed by atoms with Gasteiger partial charge in [0.15, 0.2) is 5.69 Å². The van der Waals surface area contributed by atoms with E-state index in [0.29, 0.717) is 28.2 Å².